The van der Waals surface area contributed by atoms with Gasteiger partial charge in [-0.05, 0) is 51.3 Å². The van der Waals surface area contributed by atoms with Crippen LogP contribution in [-0.2, 0) is 5.41 Å². The Morgan fingerprint density at radius 1 is 1.25 bits per heavy atom. The predicted molar refractivity (Wildman–Crippen MR) is 86.6 cm³/mol. The van der Waals surface area contributed by atoms with Crippen molar-refractivity contribution in [1.82, 2.24) is 10.6 Å². The summed E-state index contributed by atoms with van der Waals surface area (Å²) in [6.45, 7) is 7.30. The van der Waals surface area contributed by atoms with E-state index in [4.69, 9.17) is 11.6 Å². The summed E-state index contributed by atoms with van der Waals surface area (Å²) in [5.74, 6) is 0.859. The van der Waals surface area contributed by atoms with E-state index in [0.29, 0.717) is 0 Å². The van der Waals surface area contributed by atoms with E-state index in [0.717, 1.165) is 17.5 Å². The molecule has 20 heavy (non-hydrogen) atoms. The average molecular weight is 294 g/mol. The first-order chi connectivity index (χ1) is 9.35. The Balaban J connectivity index is 1.98. The lowest BCUT2D eigenvalue weighted by molar-refractivity contribution is 0.497. The summed E-state index contributed by atoms with van der Waals surface area (Å²) in [5, 5.41) is 7.63. The van der Waals surface area contributed by atoms with Crippen molar-refractivity contribution in [2.24, 2.45) is 4.99 Å². The molecular weight excluding hydrogens is 270 g/mol. The van der Waals surface area contributed by atoms with Crippen LogP contribution < -0.4 is 10.6 Å². The number of benzene rings is 1. The molecular formula is C16H24ClN3. The van der Waals surface area contributed by atoms with Gasteiger partial charge in [0.25, 0.3) is 0 Å². The fraction of sp³-hybridized carbons (Fsp3) is 0.562. The molecule has 0 saturated heterocycles. The van der Waals surface area contributed by atoms with Crippen molar-refractivity contribution < 1.29 is 0 Å². The molecule has 0 aliphatic heterocycles. The van der Waals surface area contributed by atoms with Crippen molar-refractivity contribution in [2.75, 3.05) is 13.6 Å². The highest BCUT2D eigenvalue weighted by molar-refractivity contribution is 6.30. The van der Waals surface area contributed by atoms with Crippen LogP contribution in [0, 0.1) is 0 Å². The van der Waals surface area contributed by atoms with Gasteiger partial charge in [-0.15, -0.1) is 0 Å². The number of hydrogen-bond donors (Lipinski definition) is 2. The molecule has 110 valence electrons. The lowest BCUT2D eigenvalue weighted by Crippen LogP contribution is -2.49. The highest BCUT2D eigenvalue weighted by atomic mass is 35.5. The molecule has 2 N–H and O–H groups in total. The van der Waals surface area contributed by atoms with Gasteiger partial charge in [0.1, 0.15) is 0 Å². The van der Waals surface area contributed by atoms with Crippen molar-refractivity contribution >= 4 is 17.6 Å². The van der Waals surface area contributed by atoms with Gasteiger partial charge in [-0.25, -0.2) is 0 Å². The van der Waals surface area contributed by atoms with Crippen LogP contribution in [0.2, 0.25) is 5.02 Å². The lowest BCUT2D eigenvalue weighted by Gasteiger charge is -2.25. The van der Waals surface area contributed by atoms with Gasteiger partial charge in [0, 0.05) is 29.6 Å². The van der Waals surface area contributed by atoms with Crippen molar-refractivity contribution in [3.05, 3.63) is 34.9 Å². The Bertz CT molecular complexity index is 481. The fourth-order valence-electron chi connectivity index (χ4n) is 2.31. The molecule has 3 nitrogen and oxygen atoms in total. The second-order valence-corrected chi connectivity index (χ2v) is 7.02. The third-order valence-corrected chi connectivity index (χ3v) is 3.87. The largest absolute Gasteiger partial charge is 0.356 e. The number of guanidine groups is 1. The molecule has 2 rings (SSSR count). The van der Waals surface area contributed by atoms with Gasteiger partial charge >= 0.3 is 0 Å². The molecule has 0 heterocycles. The minimum Gasteiger partial charge on any atom is -0.356 e. The molecule has 1 aromatic carbocycles. The molecule has 1 aromatic rings. The molecule has 1 aliphatic rings. The van der Waals surface area contributed by atoms with Gasteiger partial charge in [0.2, 0.25) is 0 Å². The van der Waals surface area contributed by atoms with E-state index in [1.165, 1.54) is 18.4 Å². The zero-order chi connectivity index (χ0) is 14.8. The molecule has 1 saturated carbocycles. The number of aliphatic imine (C=N–C) groups is 1. The Hall–Kier alpha value is -1.22. The summed E-state index contributed by atoms with van der Waals surface area (Å²) in [5.41, 5.74) is 1.62. The van der Waals surface area contributed by atoms with Crippen molar-refractivity contribution in [2.45, 2.75) is 44.6 Å². The van der Waals surface area contributed by atoms with E-state index in [1.807, 2.05) is 19.2 Å². The van der Waals surface area contributed by atoms with E-state index in [1.54, 1.807) is 0 Å². The summed E-state index contributed by atoms with van der Waals surface area (Å²) in [4.78, 5) is 4.29. The second-order valence-electron chi connectivity index (χ2n) is 6.59. The lowest BCUT2D eigenvalue weighted by atomic mass is 9.96. The van der Waals surface area contributed by atoms with E-state index < -0.39 is 0 Å². The van der Waals surface area contributed by atoms with Gasteiger partial charge in [-0.3, -0.25) is 4.99 Å². The van der Waals surface area contributed by atoms with Crippen LogP contribution >= 0.6 is 11.6 Å². The number of hydrogen-bond acceptors (Lipinski definition) is 1. The third kappa shape index (κ3) is 3.89. The van der Waals surface area contributed by atoms with Crippen LogP contribution in [0.4, 0.5) is 0 Å². The molecule has 0 unspecified atom stereocenters. The fourth-order valence-corrected chi connectivity index (χ4v) is 2.44. The topological polar surface area (TPSA) is 36.4 Å². The summed E-state index contributed by atoms with van der Waals surface area (Å²) in [6, 6.07) is 8.21. The molecule has 1 fully saturated rings. The standard InChI is InChI=1S/C16H24ClN3/c1-15(2,3)20-14(18-4)19-11-16(9-10-16)12-5-7-13(17)8-6-12/h5-8H,9-11H2,1-4H3,(H2,18,19,20). The van der Waals surface area contributed by atoms with E-state index in [9.17, 15) is 0 Å². The normalized spacial score (nSPS) is 17.8. The van der Waals surface area contributed by atoms with E-state index >= 15 is 0 Å². The molecule has 0 aromatic heterocycles. The molecule has 0 amide bonds. The summed E-state index contributed by atoms with van der Waals surface area (Å²) in [7, 11) is 1.81. The Labute approximate surface area is 126 Å². The monoisotopic (exact) mass is 293 g/mol. The average Bonchev–Trinajstić information content (AvgIpc) is 3.15. The maximum absolute atomic E-state index is 5.96. The van der Waals surface area contributed by atoms with Crippen LogP contribution in [0.25, 0.3) is 0 Å². The predicted octanol–water partition coefficient (Wildman–Crippen LogP) is 3.34. The molecule has 0 bridgehead atoms. The molecule has 1 aliphatic carbocycles. The zero-order valence-corrected chi connectivity index (χ0v) is 13.5. The maximum atomic E-state index is 5.96. The summed E-state index contributed by atoms with van der Waals surface area (Å²) < 4.78 is 0. The first-order valence-corrected chi connectivity index (χ1v) is 7.47. The van der Waals surface area contributed by atoms with Gasteiger partial charge in [-0.2, -0.15) is 0 Å². The van der Waals surface area contributed by atoms with Crippen LogP contribution in [0.3, 0.4) is 0 Å². The van der Waals surface area contributed by atoms with Crippen LogP contribution in [0.1, 0.15) is 39.2 Å². The Morgan fingerprint density at radius 2 is 1.85 bits per heavy atom. The highest BCUT2D eigenvalue weighted by Gasteiger charge is 2.44. The second kappa shape index (κ2) is 5.65. The van der Waals surface area contributed by atoms with Crippen molar-refractivity contribution in [3.8, 4) is 0 Å². The Morgan fingerprint density at radius 3 is 2.30 bits per heavy atom. The minimum absolute atomic E-state index is 0.0127. The van der Waals surface area contributed by atoms with Gasteiger partial charge in [0.05, 0.1) is 0 Å². The molecule has 0 atom stereocenters. The molecule has 0 spiro atoms. The van der Waals surface area contributed by atoms with Crippen LogP contribution in [0.5, 0.6) is 0 Å². The van der Waals surface area contributed by atoms with E-state index in [-0.39, 0.29) is 11.0 Å². The minimum atomic E-state index is 0.0127. The van der Waals surface area contributed by atoms with E-state index in [2.05, 4.69) is 48.5 Å². The van der Waals surface area contributed by atoms with Crippen molar-refractivity contribution in [3.63, 3.8) is 0 Å². The first kappa shape index (κ1) is 15.2. The van der Waals surface area contributed by atoms with Gasteiger partial charge in [-0.1, -0.05) is 23.7 Å². The summed E-state index contributed by atoms with van der Waals surface area (Å²) >= 11 is 5.96. The number of halogens is 1. The number of rotatable bonds is 3. The van der Waals surface area contributed by atoms with Gasteiger partial charge < -0.3 is 10.6 Å². The third-order valence-electron chi connectivity index (χ3n) is 3.62. The van der Waals surface area contributed by atoms with Crippen LogP contribution in [-0.4, -0.2) is 25.1 Å². The summed E-state index contributed by atoms with van der Waals surface area (Å²) in [6.07, 6.45) is 2.43. The Kier molecular flexibility index (Phi) is 4.28. The number of nitrogens with zero attached hydrogens (tertiary/aromatic N) is 1. The quantitative estimate of drug-likeness (QED) is 0.662. The smallest absolute Gasteiger partial charge is 0.191 e. The van der Waals surface area contributed by atoms with Gasteiger partial charge in [0.15, 0.2) is 5.96 Å². The maximum Gasteiger partial charge on any atom is 0.191 e. The highest BCUT2D eigenvalue weighted by Crippen LogP contribution is 2.47. The zero-order valence-electron chi connectivity index (χ0n) is 12.8. The SMILES string of the molecule is CN=C(NCC1(c2ccc(Cl)cc2)CC1)NC(C)(C)C. The molecule has 4 heteroatoms. The first-order valence-electron chi connectivity index (χ1n) is 7.10. The number of nitrogens with one attached hydrogen (secondary N) is 2. The van der Waals surface area contributed by atoms with Crippen LogP contribution in [0.15, 0.2) is 29.3 Å². The molecule has 0 radical (unpaired) electrons. The van der Waals surface area contributed by atoms with Crippen molar-refractivity contribution in [1.29, 1.82) is 0 Å².